The summed E-state index contributed by atoms with van der Waals surface area (Å²) in [6, 6.07) is -0.999. The maximum absolute atomic E-state index is 13.5. The van der Waals surface area contributed by atoms with E-state index in [1.165, 1.54) is 347 Å². The summed E-state index contributed by atoms with van der Waals surface area (Å²) in [4.78, 5) is 13.5. The topological polar surface area (TPSA) is 307 Å². The van der Waals surface area contributed by atoms with Gasteiger partial charge < -0.3 is 89.9 Å². The van der Waals surface area contributed by atoms with E-state index in [0.717, 1.165) is 44.9 Å². The molecule has 0 spiro atoms. The van der Waals surface area contributed by atoms with Crippen LogP contribution in [0.5, 0.6) is 0 Å². The fourth-order valence-electron chi connectivity index (χ4n) is 16.4. The SMILES string of the molecule is CCCCCCCCCC/C=C\CCCCCCCCCCCCCCCCCCCCCCCCCCCC(=O)NC(COC1OC(CO)C(OC2OC(CO)C(OC3OC(CO)C(O)C(O)C3O)C(O)C2O)C(O)C1O)C(O)/C=C/CC/C=C/CC/C=C/CCCCCCCCCCCCCCCCCCCCCCCCC. The molecule has 115 heavy (non-hydrogen) atoms. The molecule has 3 saturated heterocycles. The minimum atomic E-state index is -1.98. The van der Waals surface area contributed by atoms with Crippen molar-refractivity contribution in [2.75, 3.05) is 26.4 Å². The number of carbonyl (C=O) groups excluding carboxylic acids is 1. The van der Waals surface area contributed by atoms with E-state index in [-0.39, 0.29) is 18.9 Å². The number of carbonyl (C=O) groups is 1. The summed E-state index contributed by atoms with van der Waals surface area (Å²) in [5.41, 5.74) is 0. The fourth-order valence-corrected chi connectivity index (χ4v) is 16.4. The lowest BCUT2D eigenvalue weighted by atomic mass is 9.96. The van der Waals surface area contributed by atoms with Gasteiger partial charge in [-0.3, -0.25) is 4.79 Å². The molecule has 19 nitrogen and oxygen atoms in total. The third-order valence-electron chi connectivity index (χ3n) is 24.1. The van der Waals surface area contributed by atoms with E-state index in [1.54, 1.807) is 6.08 Å². The molecule has 3 aliphatic rings. The molecule has 0 bridgehead atoms. The van der Waals surface area contributed by atoms with Crippen LogP contribution in [0.2, 0.25) is 0 Å². The van der Waals surface area contributed by atoms with Crippen molar-refractivity contribution in [3.8, 4) is 0 Å². The third-order valence-corrected chi connectivity index (χ3v) is 24.1. The molecular weight excluding hydrogens is 1460 g/mol. The Kier molecular flexibility index (Phi) is 70.2. The van der Waals surface area contributed by atoms with Crippen LogP contribution in [0.3, 0.4) is 0 Å². The van der Waals surface area contributed by atoms with Gasteiger partial charge in [0.2, 0.25) is 5.91 Å². The zero-order chi connectivity index (χ0) is 83.1. The van der Waals surface area contributed by atoms with Gasteiger partial charge in [-0.25, -0.2) is 0 Å². The molecule has 17 atom stereocenters. The first-order valence-corrected chi connectivity index (χ1v) is 48.4. The smallest absolute Gasteiger partial charge is 0.220 e. The normalized spacial score (nSPS) is 24.8. The summed E-state index contributed by atoms with van der Waals surface area (Å²) in [6.07, 6.45) is 73.0. The van der Waals surface area contributed by atoms with Crippen molar-refractivity contribution in [2.45, 2.75) is 529 Å². The van der Waals surface area contributed by atoms with Crippen molar-refractivity contribution in [2.24, 2.45) is 0 Å². The van der Waals surface area contributed by atoms with Crippen molar-refractivity contribution in [1.82, 2.24) is 5.32 Å². The standard InChI is InChI=1S/C96H179NO18/c1-3-5-7-9-11-13-15-17-19-21-23-25-27-29-31-33-35-37-38-39-40-42-44-46-48-50-52-54-56-58-60-62-64-66-68-70-72-74-84(102)97-79(80(101)73-71-69-67-65-63-61-59-57-55-53-51-49-47-45-43-41-36-34-32-30-28-26-24-22-20-18-16-14-12-10-8-6-4-2)78-110-94-90(108)87(105)92(82(76-99)112-94)115-96-91(109)88(106)93(83(77-100)113-96)114-95-89(107)86(104)85(103)81(75-98)111-95/h21,23,55,57,63,65,71,73,79-83,85-96,98-101,103-109H,3-20,22,24-54,56,58-62,64,66-70,72,74-78H2,1-2H3,(H,97,102)/b23-21-,57-55+,65-63+,73-71+. The fraction of sp³-hybridized carbons (Fsp3) is 0.906. The zero-order valence-electron chi connectivity index (χ0n) is 73.3. The van der Waals surface area contributed by atoms with Crippen LogP contribution in [0.15, 0.2) is 48.6 Å². The number of ether oxygens (including phenoxy) is 6. The van der Waals surface area contributed by atoms with Gasteiger partial charge in [0.15, 0.2) is 18.9 Å². The summed E-state index contributed by atoms with van der Waals surface area (Å²) >= 11 is 0. The lowest BCUT2D eigenvalue weighted by Gasteiger charge is -2.48. The molecule has 0 aromatic carbocycles. The van der Waals surface area contributed by atoms with Gasteiger partial charge in [-0.2, -0.15) is 0 Å². The third kappa shape index (κ3) is 53.4. The van der Waals surface area contributed by atoms with E-state index in [2.05, 4.69) is 55.6 Å². The number of aliphatic hydroxyl groups is 11. The quantitative estimate of drug-likeness (QED) is 0.0199. The van der Waals surface area contributed by atoms with Gasteiger partial charge in [0, 0.05) is 6.42 Å². The van der Waals surface area contributed by atoms with Gasteiger partial charge in [-0.15, -0.1) is 0 Å². The number of amides is 1. The average molecular weight is 1640 g/mol. The van der Waals surface area contributed by atoms with Gasteiger partial charge in [0.1, 0.15) is 73.2 Å². The Labute approximate surface area is 701 Å². The molecule has 17 unspecified atom stereocenters. The second kappa shape index (κ2) is 75.5. The highest BCUT2D eigenvalue weighted by Gasteiger charge is 2.54. The molecule has 1 amide bonds. The maximum Gasteiger partial charge on any atom is 0.220 e. The first kappa shape index (κ1) is 107. The molecule has 3 rings (SSSR count). The van der Waals surface area contributed by atoms with Crippen LogP contribution in [0.4, 0.5) is 0 Å². The van der Waals surface area contributed by atoms with Crippen LogP contribution < -0.4 is 5.32 Å². The summed E-state index contributed by atoms with van der Waals surface area (Å²) in [5, 5.41) is 121. The molecule has 0 radical (unpaired) electrons. The van der Waals surface area contributed by atoms with Crippen molar-refractivity contribution in [1.29, 1.82) is 0 Å². The first-order chi connectivity index (χ1) is 56.3. The Morgan fingerprint density at radius 1 is 0.304 bits per heavy atom. The Hall–Kier alpha value is -2.25. The average Bonchev–Trinajstić information content (AvgIpc) is 0.779. The van der Waals surface area contributed by atoms with Crippen LogP contribution in [0.25, 0.3) is 0 Å². The highest BCUT2D eigenvalue weighted by molar-refractivity contribution is 5.76. The number of unbranched alkanes of at least 4 members (excludes halogenated alkanes) is 58. The minimum Gasteiger partial charge on any atom is -0.394 e. The predicted molar refractivity (Wildman–Crippen MR) is 466 cm³/mol. The molecule has 19 heteroatoms. The second-order valence-corrected chi connectivity index (χ2v) is 34.5. The van der Waals surface area contributed by atoms with E-state index in [9.17, 15) is 61.0 Å². The van der Waals surface area contributed by atoms with Crippen LogP contribution in [-0.4, -0.2) is 193 Å². The lowest BCUT2D eigenvalue weighted by Crippen LogP contribution is -2.66. The molecular formula is C96H179NO18. The first-order valence-electron chi connectivity index (χ1n) is 48.4. The summed E-state index contributed by atoms with van der Waals surface area (Å²) in [5.74, 6) is -0.281. The molecule has 0 saturated carbocycles. The maximum atomic E-state index is 13.5. The zero-order valence-corrected chi connectivity index (χ0v) is 73.3. The molecule has 3 heterocycles. The van der Waals surface area contributed by atoms with Gasteiger partial charge >= 0.3 is 0 Å². The van der Waals surface area contributed by atoms with E-state index in [4.69, 9.17) is 28.4 Å². The largest absolute Gasteiger partial charge is 0.394 e. The van der Waals surface area contributed by atoms with E-state index in [0.29, 0.717) is 12.8 Å². The van der Waals surface area contributed by atoms with Crippen molar-refractivity contribution >= 4 is 5.91 Å². The number of hydrogen-bond acceptors (Lipinski definition) is 18. The number of nitrogens with one attached hydrogen (secondary N) is 1. The number of hydrogen-bond donors (Lipinski definition) is 12. The van der Waals surface area contributed by atoms with Crippen LogP contribution in [0.1, 0.15) is 425 Å². The van der Waals surface area contributed by atoms with E-state index < -0.39 is 124 Å². The molecule has 676 valence electrons. The highest BCUT2D eigenvalue weighted by Crippen LogP contribution is 2.34. The van der Waals surface area contributed by atoms with Crippen molar-refractivity contribution in [3.05, 3.63) is 48.6 Å². The molecule has 0 aromatic heterocycles. The molecule has 0 aliphatic carbocycles. The van der Waals surface area contributed by atoms with Crippen LogP contribution in [-0.2, 0) is 33.2 Å². The predicted octanol–water partition coefficient (Wildman–Crippen LogP) is 19.5. The van der Waals surface area contributed by atoms with E-state index >= 15 is 0 Å². The van der Waals surface area contributed by atoms with E-state index in [1.807, 2.05) is 6.08 Å². The lowest BCUT2D eigenvalue weighted by molar-refractivity contribution is -0.379. The Bertz CT molecular complexity index is 2260. The van der Waals surface area contributed by atoms with Crippen molar-refractivity contribution in [3.63, 3.8) is 0 Å². The summed E-state index contributed by atoms with van der Waals surface area (Å²) < 4.78 is 34.5. The Morgan fingerprint density at radius 2 is 0.557 bits per heavy atom. The van der Waals surface area contributed by atoms with Gasteiger partial charge in [-0.1, -0.05) is 396 Å². The minimum absolute atomic E-state index is 0.236. The Morgan fingerprint density at radius 3 is 0.870 bits per heavy atom. The number of rotatable bonds is 80. The van der Waals surface area contributed by atoms with Gasteiger partial charge in [-0.05, 0) is 70.6 Å². The second-order valence-electron chi connectivity index (χ2n) is 34.5. The molecule has 3 fully saturated rings. The summed E-state index contributed by atoms with van der Waals surface area (Å²) in [7, 11) is 0. The Balaban J connectivity index is 1.31. The summed E-state index contributed by atoms with van der Waals surface area (Å²) in [6.45, 7) is 1.78. The number of aliphatic hydroxyl groups excluding tert-OH is 11. The molecule has 12 N–H and O–H groups in total. The van der Waals surface area contributed by atoms with Gasteiger partial charge in [0.05, 0.1) is 38.6 Å². The van der Waals surface area contributed by atoms with Crippen LogP contribution >= 0.6 is 0 Å². The van der Waals surface area contributed by atoms with Crippen LogP contribution in [0, 0.1) is 0 Å². The molecule has 0 aromatic rings. The van der Waals surface area contributed by atoms with Crippen molar-refractivity contribution < 1.29 is 89.4 Å². The highest BCUT2D eigenvalue weighted by atomic mass is 16.8. The van der Waals surface area contributed by atoms with Gasteiger partial charge in [0.25, 0.3) is 0 Å². The molecule has 3 aliphatic heterocycles. The number of allylic oxidation sites excluding steroid dienone is 7. The monoisotopic (exact) mass is 1630 g/mol.